The second-order valence-corrected chi connectivity index (χ2v) is 7.22. The van der Waals surface area contributed by atoms with Crippen LogP contribution in [0.25, 0.3) is 10.8 Å². The van der Waals surface area contributed by atoms with Crippen LogP contribution >= 0.6 is 11.3 Å². The molecule has 3 aromatic rings. The highest BCUT2D eigenvalue weighted by Crippen LogP contribution is 2.25. The van der Waals surface area contributed by atoms with E-state index in [2.05, 4.69) is 10.3 Å². The van der Waals surface area contributed by atoms with Crippen LogP contribution in [0.1, 0.15) is 19.0 Å². The number of thiazole rings is 1. The first-order chi connectivity index (χ1) is 14.1. The van der Waals surface area contributed by atoms with Crippen molar-refractivity contribution in [3.05, 3.63) is 53.7 Å². The average molecular weight is 413 g/mol. The average Bonchev–Trinajstić information content (AvgIpc) is 3.40. The van der Waals surface area contributed by atoms with E-state index in [4.69, 9.17) is 9.15 Å². The quantitative estimate of drug-likeness (QED) is 0.576. The number of nitrogens with one attached hydrogen (secondary N) is 1. The third kappa shape index (κ3) is 5.45. The Labute approximate surface area is 173 Å². The number of carbonyl (C=O) groups excluding carboxylic acids is 2. The van der Waals surface area contributed by atoms with Crippen molar-refractivity contribution in [3.8, 4) is 16.5 Å². The minimum absolute atomic E-state index is 0.0279. The van der Waals surface area contributed by atoms with Gasteiger partial charge in [0.05, 0.1) is 37.7 Å². The van der Waals surface area contributed by atoms with Crippen molar-refractivity contribution in [3.63, 3.8) is 0 Å². The summed E-state index contributed by atoms with van der Waals surface area (Å²) >= 11 is 1.43. The number of nitrogens with zero attached hydrogens (tertiary/aromatic N) is 2. The summed E-state index contributed by atoms with van der Waals surface area (Å²) in [6, 6.07) is 10.8. The second kappa shape index (κ2) is 9.88. The van der Waals surface area contributed by atoms with Gasteiger partial charge in [0.1, 0.15) is 5.75 Å². The number of hydrogen-bond donors (Lipinski definition) is 1. The Morgan fingerprint density at radius 2 is 2.07 bits per heavy atom. The summed E-state index contributed by atoms with van der Waals surface area (Å²) in [5.41, 5.74) is 1.24. The van der Waals surface area contributed by atoms with Gasteiger partial charge in [0.25, 0.3) is 0 Å². The Bertz CT molecular complexity index is 953. The van der Waals surface area contributed by atoms with Gasteiger partial charge in [-0.05, 0) is 30.7 Å². The molecule has 0 spiro atoms. The van der Waals surface area contributed by atoms with E-state index in [9.17, 15) is 9.59 Å². The lowest BCUT2D eigenvalue weighted by Crippen LogP contribution is -2.39. The van der Waals surface area contributed by atoms with Gasteiger partial charge in [0.2, 0.25) is 11.8 Å². The monoisotopic (exact) mass is 413 g/mol. The highest BCUT2D eigenvalue weighted by molar-refractivity contribution is 7.13. The Morgan fingerprint density at radius 1 is 1.24 bits per heavy atom. The number of furan rings is 1. The van der Waals surface area contributed by atoms with E-state index in [1.807, 2.05) is 30.5 Å². The third-order valence-corrected chi connectivity index (χ3v) is 5.08. The molecule has 1 N–H and O–H groups in total. The fourth-order valence-electron chi connectivity index (χ4n) is 2.84. The molecule has 0 aliphatic rings. The second-order valence-electron chi connectivity index (χ2n) is 6.36. The van der Waals surface area contributed by atoms with Gasteiger partial charge >= 0.3 is 0 Å². The maximum absolute atomic E-state index is 12.8. The molecule has 1 aromatic carbocycles. The van der Waals surface area contributed by atoms with Crippen LogP contribution in [0, 0.1) is 0 Å². The highest BCUT2D eigenvalue weighted by Gasteiger charge is 2.19. The van der Waals surface area contributed by atoms with Gasteiger partial charge in [-0.1, -0.05) is 19.1 Å². The SMILES string of the molecule is CCCN(CC(=O)Nc1ccccc1OC)C(=O)Cc1csc(-c2ccco2)n1. The van der Waals surface area contributed by atoms with Crippen LogP contribution in [-0.2, 0) is 16.0 Å². The summed E-state index contributed by atoms with van der Waals surface area (Å²) in [7, 11) is 1.54. The lowest BCUT2D eigenvalue weighted by atomic mass is 10.2. The maximum atomic E-state index is 12.8. The molecule has 0 saturated heterocycles. The molecule has 0 fully saturated rings. The summed E-state index contributed by atoms with van der Waals surface area (Å²) in [5, 5.41) is 5.38. The van der Waals surface area contributed by atoms with E-state index in [1.54, 1.807) is 36.5 Å². The Kier molecular flexibility index (Phi) is 7.02. The number of amides is 2. The molecular weight excluding hydrogens is 390 g/mol. The van der Waals surface area contributed by atoms with E-state index in [-0.39, 0.29) is 24.8 Å². The topological polar surface area (TPSA) is 84.7 Å². The Morgan fingerprint density at radius 3 is 2.79 bits per heavy atom. The molecule has 8 heteroatoms. The standard InChI is InChI=1S/C21H23N3O4S/c1-3-10-24(13-19(25)23-16-7-4-5-8-17(16)27-2)20(26)12-15-14-29-21(22-15)18-9-6-11-28-18/h4-9,11,14H,3,10,12-13H2,1-2H3,(H,23,25). The number of aromatic nitrogens is 1. The van der Waals surface area contributed by atoms with Crippen LogP contribution in [0.15, 0.2) is 52.5 Å². The summed E-state index contributed by atoms with van der Waals surface area (Å²) < 4.78 is 10.6. The molecule has 2 amide bonds. The summed E-state index contributed by atoms with van der Waals surface area (Å²) in [6.45, 7) is 2.43. The van der Waals surface area contributed by atoms with E-state index >= 15 is 0 Å². The highest BCUT2D eigenvalue weighted by atomic mass is 32.1. The van der Waals surface area contributed by atoms with Gasteiger partial charge in [-0.15, -0.1) is 11.3 Å². The molecule has 0 bridgehead atoms. The molecular formula is C21H23N3O4S. The fraction of sp³-hybridized carbons (Fsp3) is 0.286. The van der Waals surface area contributed by atoms with Gasteiger partial charge in [-0.3, -0.25) is 9.59 Å². The van der Waals surface area contributed by atoms with Crippen LogP contribution in [0.3, 0.4) is 0 Å². The number of ether oxygens (including phenoxy) is 1. The zero-order valence-electron chi connectivity index (χ0n) is 16.4. The molecule has 152 valence electrons. The largest absolute Gasteiger partial charge is 0.495 e. The molecule has 0 unspecified atom stereocenters. The molecule has 2 heterocycles. The number of methoxy groups -OCH3 is 1. The van der Waals surface area contributed by atoms with Crippen LogP contribution in [-0.4, -0.2) is 41.9 Å². The Balaban J connectivity index is 1.62. The lowest BCUT2D eigenvalue weighted by molar-refractivity contribution is -0.134. The third-order valence-electron chi connectivity index (χ3n) is 4.18. The molecule has 0 saturated carbocycles. The zero-order valence-corrected chi connectivity index (χ0v) is 17.2. The predicted molar refractivity (Wildman–Crippen MR) is 112 cm³/mol. The van der Waals surface area contributed by atoms with E-state index < -0.39 is 0 Å². The molecule has 7 nitrogen and oxygen atoms in total. The zero-order chi connectivity index (χ0) is 20.6. The number of anilines is 1. The van der Waals surface area contributed by atoms with Gasteiger partial charge in [-0.25, -0.2) is 4.98 Å². The summed E-state index contributed by atoms with van der Waals surface area (Å²) in [5.74, 6) is 0.835. The smallest absolute Gasteiger partial charge is 0.244 e. The van der Waals surface area contributed by atoms with Crippen LogP contribution in [0.2, 0.25) is 0 Å². The normalized spacial score (nSPS) is 10.6. The number of para-hydroxylation sites is 2. The van der Waals surface area contributed by atoms with Crippen LogP contribution in [0.4, 0.5) is 5.69 Å². The van der Waals surface area contributed by atoms with E-state index in [0.717, 1.165) is 11.4 Å². The molecule has 0 radical (unpaired) electrons. The first-order valence-electron chi connectivity index (χ1n) is 9.29. The predicted octanol–water partition coefficient (Wildman–Crippen LogP) is 3.83. The van der Waals surface area contributed by atoms with Crippen molar-refractivity contribution in [2.45, 2.75) is 19.8 Å². The van der Waals surface area contributed by atoms with Crippen LogP contribution < -0.4 is 10.1 Å². The van der Waals surface area contributed by atoms with Crippen molar-refractivity contribution in [2.24, 2.45) is 0 Å². The minimum Gasteiger partial charge on any atom is -0.495 e. The first kappa shape index (κ1) is 20.6. The Hall–Kier alpha value is -3.13. The van der Waals surface area contributed by atoms with Crippen molar-refractivity contribution in [1.29, 1.82) is 0 Å². The summed E-state index contributed by atoms with van der Waals surface area (Å²) in [4.78, 5) is 31.3. The molecule has 2 aromatic heterocycles. The number of rotatable bonds is 9. The van der Waals surface area contributed by atoms with Gasteiger partial charge in [0, 0.05) is 11.9 Å². The number of benzene rings is 1. The van der Waals surface area contributed by atoms with Gasteiger partial charge in [0.15, 0.2) is 10.8 Å². The lowest BCUT2D eigenvalue weighted by Gasteiger charge is -2.21. The van der Waals surface area contributed by atoms with Crippen molar-refractivity contribution >= 4 is 28.8 Å². The molecule has 29 heavy (non-hydrogen) atoms. The van der Waals surface area contributed by atoms with Crippen molar-refractivity contribution in [1.82, 2.24) is 9.88 Å². The van der Waals surface area contributed by atoms with Crippen LogP contribution in [0.5, 0.6) is 5.75 Å². The van der Waals surface area contributed by atoms with Gasteiger partial charge < -0.3 is 19.4 Å². The molecule has 0 atom stereocenters. The van der Waals surface area contributed by atoms with E-state index in [0.29, 0.717) is 29.4 Å². The molecule has 0 aliphatic heterocycles. The van der Waals surface area contributed by atoms with Crippen molar-refractivity contribution in [2.75, 3.05) is 25.5 Å². The summed E-state index contributed by atoms with van der Waals surface area (Å²) in [6.07, 6.45) is 2.48. The van der Waals surface area contributed by atoms with Crippen molar-refractivity contribution < 1.29 is 18.7 Å². The molecule has 3 rings (SSSR count). The molecule has 0 aliphatic carbocycles. The first-order valence-corrected chi connectivity index (χ1v) is 10.2. The fourth-order valence-corrected chi connectivity index (χ4v) is 3.63. The maximum Gasteiger partial charge on any atom is 0.244 e. The van der Waals surface area contributed by atoms with Gasteiger partial charge in [-0.2, -0.15) is 0 Å². The number of carbonyl (C=O) groups is 2. The minimum atomic E-state index is -0.272. The van der Waals surface area contributed by atoms with E-state index in [1.165, 1.54) is 11.3 Å². The number of hydrogen-bond acceptors (Lipinski definition) is 6.